The van der Waals surface area contributed by atoms with Crippen molar-refractivity contribution in [2.45, 2.75) is 17.0 Å². The highest BCUT2D eigenvalue weighted by atomic mass is 32.2. The van der Waals surface area contributed by atoms with Crippen molar-refractivity contribution in [3.8, 4) is 16.6 Å². The maximum Gasteiger partial charge on any atom is 0.193 e. The van der Waals surface area contributed by atoms with Crippen LogP contribution in [0.15, 0.2) is 45.9 Å². The number of nitrogens with one attached hydrogen (secondary N) is 1. The molecule has 0 unspecified atom stereocenters. The summed E-state index contributed by atoms with van der Waals surface area (Å²) in [7, 11) is 0. The molecule has 3 rings (SSSR count). The quantitative estimate of drug-likeness (QED) is 0.557. The number of H-pyrrole nitrogens is 1. The lowest BCUT2D eigenvalue weighted by molar-refractivity contribution is 0.969. The summed E-state index contributed by atoms with van der Waals surface area (Å²) in [5.74, 6) is 0. The molecule has 0 atom stereocenters. The molecule has 0 spiro atoms. The molecule has 0 aromatic carbocycles. The van der Waals surface area contributed by atoms with Gasteiger partial charge < -0.3 is 4.98 Å². The highest BCUT2D eigenvalue weighted by Gasteiger charge is 2.09. The third kappa shape index (κ3) is 3.09. The van der Waals surface area contributed by atoms with E-state index in [4.69, 9.17) is 17.5 Å². The summed E-state index contributed by atoms with van der Waals surface area (Å²) >= 11 is 8.18. The van der Waals surface area contributed by atoms with E-state index >= 15 is 0 Å². The van der Waals surface area contributed by atoms with Gasteiger partial charge in [0.2, 0.25) is 0 Å². The first-order valence-corrected chi connectivity index (χ1v) is 8.46. The minimum absolute atomic E-state index is 0.456. The Balaban J connectivity index is 1.96. The van der Waals surface area contributed by atoms with E-state index in [1.54, 1.807) is 23.6 Å². The second-order valence-corrected chi connectivity index (χ2v) is 6.78. The Morgan fingerprint density at radius 2 is 2.27 bits per heavy atom. The van der Waals surface area contributed by atoms with Gasteiger partial charge in [-0.1, -0.05) is 18.3 Å². The summed E-state index contributed by atoms with van der Waals surface area (Å²) in [6.07, 6.45) is 1.75. The number of hydrogen-bond acceptors (Lipinski definition) is 6. The number of aryl methyl sites for hydroxylation is 1. The number of thiophene rings is 1. The molecule has 108 valence electrons. The van der Waals surface area contributed by atoms with Crippen LogP contribution in [0.1, 0.15) is 11.3 Å². The zero-order valence-corrected chi connectivity index (χ0v) is 14.0. The summed E-state index contributed by atoms with van der Waals surface area (Å²) < 4.78 is 0.456. The van der Waals surface area contributed by atoms with Gasteiger partial charge in [0.15, 0.2) is 5.16 Å². The first kappa shape index (κ1) is 14.9. The largest absolute Gasteiger partial charge is 0.348 e. The predicted molar refractivity (Wildman–Crippen MR) is 90.5 cm³/mol. The molecule has 0 radical (unpaired) electrons. The third-order valence-electron chi connectivity index (χ3n) is 2.92. The van der Waals surface area contributed by atoms with Crippen LogP contribution in [0.4, 0.5) is 0 Å². The van der Waals surface area contributed by atoms with Gasteiger partial charge in [-0.05, 0) is 42.3 Å². The van der Waals surface area contributed by atoms with Crippen LogP contribution in [0.25, 0.3) is 10.6 Å². The van der Waals surface area contributed by atoms with E-state index in [9.17, 15) is 0 Å². The fraction of sp³-hybridized carbons (Fsp3) is 0.0667. The van der Waals surface area contributed by atoms with Crippen LogP contribution in [0.5, 0.6) is 0 Å². The molecule has 0 aliphatic carbocycles. The summed E-state index contributed by atoms with van der Waals surface area (Å²) in [5.41, 5.74) is 2.26. The van der Waals surface area contributed by atoms with Crippen molar-refractivity contribution in [3.63, 3.8) is 0 Å². The van der Waals surface area contributed by atoms with Crippen molar-refractivity contribution >= 4 is 35.3 Å². The zero-order valence-electron chi connectivity index (χ0n) is 11.5. The van der Waals surface area contributed by atoms with Crippen LogP contribution in [0.3, 0.4) is 0 Å². The van der Waals surface area contributed by atoms with E-state index in [1.807, 2.05) is 30.5 Å². The summed E-state index contributed by atoms with van der Waals surface area (Å²) in [6, 6.07) is 9.79. The number of nitriles is 1. The van der Waals surface area contributed by atoms with Crippen LogP contribution < -0.4 is 0 Å². The minimum Gasteiger partial charge on any atom is -0.348 e. The van der Waals surface area contributed by atoms with E-state index in [1.165, 1.54) is 11.8 Å². The van der Waals surface area contributed by atoms with Gasteiger partial charge >= 0.3 is 0 Å². The van der Waals surface area contributed by atoms with Gasteiger partial charge in [-0.2, -0.15) is 5.26 Å². The number of aromatic amines is 1. The van der Waals surface area contributed by atoms with Crippen LogP contribution in [0.2, 0.25) is 0 Å². The molecule has 0 saturated heterocycles. The Kier molecular flexibility index (Phi) is 4.34. The maximum atomic E-state index is 9.09. The normalized spacial score (nSPS) is 10.4. The SMILES string of the molecule is Cc1[nH]c(=S)c(C#N)cc1Sc1nccc(-c2cccs2)n1. The fourth-order valence-corrected chi connectivity index (χ4v) is 3.63. The molecule has 22 heavy (non-hydrogen) atoms. The van der Waals surface area contributed by atoms with Crippen molar-refractivity contribution in [1.29, 1.82) is 5.26 Å². The molecule has 0 aliphatic rings. The average Bonchev–Trinajstić information content (AvgIpc) is 3.05. The Hall–Kier alpha value is -2.01. The molecule has 0 aliphatic heterocycles. The Bertz CT molecular complexity index is 907. The van der Waals surface area contributed by atoms with Crippen molar-refractivity contribution in [2.24, 2.45) is 0 Å². The number of rotatable bonds is 3. The molecule has 7 heteroatoms. The van der Waals surface area contributed by atoms with E-state index in [0.717, 1.165) is 21.2 Å². The lowest BCUT2D eigenvalue weighted by Crippen LogP contribution is -1.93. The van der Waals surface area contributed by atoms with E-state index in [2.05, 4.69) is 21.0 Å². The highest BCUT2D eigenvalue weighted by Crippen LogP contribution is 2.30. The minimum atomic E-state index is 0.456. The second kappa shape index (κ2) is 6.40. The van der Waals surface area contributed by atoms with Gasteiger partial charge in [0.25, 0.3) is 0 Å². The standard InChI is InChI=1S/C15H10N4S3/c1-9-13(7-10(8-16)14(20)18-9)22-15-17-5-4-11(19-15)12-3-2-6-21-12/h2-7H,1H3,(H,18,20). The summed E-state index contributed by atoms with van der Waals surface area (Å²) in [4.78, 5) is 13.9. The Morgan fingerprint density at radius 3 is 3.00 bits per heavy atom. The first-order valence-electron chi connectivity index (χ1n) is 6.36. The van der Waals surface area contributed by atoms with Crippen LogP contribution in [-0.2, 0) is 0 Å². The van der Waals surface area contributed by atoms with Crippen molar-refractivity contribution < 1.29 is 0 Å². The topological polar surface area (TPSA) is 65.4 Å². The molecule has 3 heterocycles. The summed E-state index contributed by atoms with van der Waals surface area (Å²) in [5, 5.41) is 11.8. The van der Waals surface area contributed by atoms with Crippen molar-refractivity contribution in [2.75, 3.05) is 0 Å². The molecular formula is C15H10N4S3. The van der Waals surface area contributed by atoms with Crippen LogP contribution >= 0.6 is 35.3 Å². The second-order valence-electron chi connectivity index (χ2n) is 4.42. The van der Waals surface area contributed by atoms with Crippen LogP contribution in [0, 0.1) is 22.9 Å². The third-order valence-corrected chi connectivity index (χ3v) is 5.16. The highest BCUT2D eigenvalue weighted by molar-refractivity contribution is 7.99. The van der Waals surface area contributed by atoms with E-state index < -0.39 is 0 Å². The molecule has 1 N–H and O–H groups in total. The molecule has 4 nitrogen and oxygen atoms in total. The molecule has 3 aromatic heterocycles. The molecule has 3 aromatic rings. The molecule has 0 amide bonds. The zero-order chi connectivity index (χ0) is 15.5. The number of nitrogens with zero attached hydrogens (tertiary/aromatic N) is 3. The Morgan fingerprint density at radius 1 is 1.41 bits per heavy atom. The van der Waals surface area contributed by atoms with Gasteiger partial charge in [0.05, 0.1) is 16.1 Å². The van der Waals surface area contributed by atoms with Gasteiger partial charge in [0.1, 0.15) is 10.7 Å². The van der Waals surface area contributed by atoms with Gasteiger partial charge in [-0.15, -0.1) is 11.3 Å². The number of pyridine rings is 1. The van der Waals surface area contributed by atoms with Gasteiger partial charge in [0, 0.05) is 16.8 Å². The van der Waals surface area contributed by atoms with E-state index in [0.29, 0.717) is 15.4 Å². The summed E-state index contributed by atoms with van der Waals surface area (Å²) in [6.45, 7) is 1.92. The smallest absolute Gasteiger partial charge is 0.193 e. The molecule has 0 saturated carbocycles. The number of aromatic nitrogens is 3. The van der Waals surface area contributed by atoms with Gasteiger partial charge in [-0.25, -0.2) is 9.97 Å². The van der Waals surface area contributed by atoms with Gasteiger partial charge in [-0.3, -0.25) is 0 Å². The monoisotopic (exact) mass is 342 g/mol. The van der Waals surface area contributed by atoms with Crippen molar-refractivity contribution in [3.05, 3.63) is 51.7 Å². The van der Waals surface area contributed by atoms with Crippen LogP contribution in [-0.4, -0.2) is 15.0 Å². The molecule has 0 bridgehead atoms. The fourth-order valence-electron chi connectivity index (χ4n) is 1.84. The first-order chi connectivity index (χ1) is 10.7. The average molecular weight is 342 g/mol. The lowest BCUT2D eigenvalue weighted by atomic mass is 10.3. The lowest BCUT2D eigenvalue weighted by Gasteiger charge is -2.06. The molecule has 0 fully saturated rings. The van der Waals surface area contributed by atoms with E-state index in [-0.39, 0.29) is 0 Å². The molecular weight excluding hydrogens is 332 g/mol. The van der Waals surface area contributed by atoms with Crippen molar-refractivity contribution in [1.82, 2.24) is 15.0 Å². The predicted octanol–water partition coefficient (Wildman–Crippen LogP) is 4.59. The Labute approximate surface area is 140 Å². The number of hydrogen-bond donors (Lipinski definition) is 1. The maximum absolute atomic E-state index is 9.09.